The fraction of sp³-hybridized carbons (Fsp3) is 0.345. The second-order valence-electron chi connectivity index (χ2n) is 8.80. The summed E-state index contributed by atoms with van der Waals surface area (Å²) in [5.74, 6) is 2.78. The Balaban J connectivity index is 1.61. The summed E-state index contributed by atoms with van der Waals surface area (Å²) in [5.41, 5.74) is 4.52. The fourth-order valence-corrected chi connectivity index (χ4v) is 4.78. The summed E-state index contributed by atoms with van der Waals surface area (Å²) in [6.45, 7) is 1.58. The van der Waals surface area contributed by atoms with Crippen LogP contribution in [0, 0.1) is 0 Å². The Labute approximate surface area is 212 Å². The van der Waals surface area contributed by atoms with Crippen molar-refractivity contribution in [3.05, 3.63) is 82.9 Å². The topological polar surface area (TPSA) is 69.3 Å². The van der Waals surface area contributed by atoms with Crippen molar-refractivity contribution < 1.29 is 23.7 Å². The molecule has 1 heterocycles. The van der Waals surface area contributed by atoms with Crippen LogP contribution in [0.15, 0.2) is 60.7 Å². The van der Waals surface area contributed by atoms with Gasteiger partial charge in [0.25, 0.3) is 0 Å². The van der Waals surface area contributed by atoms with E-state index in [-0.39, 0.29) is 11.9 Å². The van der Waals surface area contributed by atoms with Crippen LogP contribution in [0.5, 0.6) is 23.0 Å². The van der Waals surface area contributed by atoms with Gasteiger partial charge in [-0.05, 0) is 59.4 Å². The number of carbonyl (C=O) groups is 1. The summed E-state index contributed by atoms with van der Waals surface area (Å²) in [6.07, 6.45) is 1.53. The SMILES string of the molecule is COc1ccc(CC2c3cc(OC)c(OC)cc3CCN2CC(=O)NCc2ccccc2)cc1OC. The van der Waals surface area contributed by atoms with Crippen molar-refractivity contribution in [2.24, 2.45) is 0 Å². The summed E-state index contributed by atoms with van der Waals surface area (Å²) in [4.78, 5) is 15.2. The number of benzene rings is 3. The van der Waals surface area contributed by atoms with E-state index in [1.807, 2.05) is 54.6 Å². The summed E-state index contributed by atoms with van der Waals surface area (Å²) in [6, 6.07) is 20.0. The molecule has 0 aromatic heterocycles. The van der Waals surface area contributed by atoms with Crippen molar-refractivity contribution in [2.75, 3.05) is 41.5 Å². The van der Waals surface area contributed by atoms with E-state index in [4.69, 9.17) is 18.9 Å². The van der Waals surface area contributed by atoms with Gasteiger partial charge in [-0.1, -0.05) is 36.4 Å². The lowest BCUT2D eigenvalue weighted by Crippen LogP contribution is -2.43. The molecule has 0 aliphatic carbocycles. The monoisotopic (exact) mass is 490 g/mol. The second kappa shape index (κ2) is 11.8. The Bertz CT molecular complexity index is 1180. The van der Waals surface area contributed by atoms with E-state index in [0.717, 1.165) is 35.4 Å². The molecule has 3 aromatic carbocycles. The Morgan fingerprint density at radius 3 is 2.19 bits per heavy atom. The van der Waals surface area contributed by atoms with E-state index >= 15 is 0 Å². The molecule has 0 saturated heterocycles. The molecule has 190 valence electrons. The van der Waals surface area contributed by atoms with Crippen LogP contribution in [0.3, 0.4) is 0 Å². The first-order valence-electron chi connectivity index (χ1n) is 12.1. The minimum absolute atomic E-state index is 0.0000844. The minimum atomic E-state index is -0.0193. The third-order valence-corrected chi connectivity index (χ3v) is 6.67. The number of carbonyl (C=O) groups excluding carboxylic acids is 1. The summed E-state index contributed by atoms with van der Waals surface area (Å²) >= 11 is 0. The predicted molar refractivity (Wildman–Crippen MR) is 139 cm³/mol. The first-order valence-corrected chi connectivity index (χ1v) is 12.1. The molecule has 36 heavy (non-hydrogen) atoms. The number of hydrogen-bond acceptors (Lipinski definition) is 6. The third-order valence-electron chi connectivity index (χ3n) is 6.67. The number of nitrogens with one attached hydrogen (secondary N) is 1. The Morgan fingerprint density at radius 2 is 1.50 bits per heavy atom. The number of hydrogen-bond donors (Lipinski definition) is 1. The van der Waals surface area contributed by atoms with E-state index in [9.17, 15) is 4.79 Å². The van der Waals surface area contributed by atoms with Crippen LogP contribution in [0.4, 0.5) is 0 Å². The van der Waals surface area contributed by atoms with Crippen LogP contribution in [0.2, 0.25) is 0 Å². The quantitative estimate of drug-likeness (QED) is 0.460. The molecule has 0 spiro atoms. The van der Waals surface area contributed by atoms with Crippen LogP contribution in [0.25, 0.3) is 0 Å². The standard InChI is InChI=1S/C29H34N2O5/c1-33-25-11-10-21(15-26(25)34-2)14-24-23-17-28(36-4)27(35-3)16-22(23)12-13-31(24)19-29(32)30-18-20-8-6-5-7-9-20/h5-11,15-17,24H,12-14,18-19H2,1-4H3,(H,30,32). The Kier molecular flexibility index (Phi) is 8.33. The van der Waals surface area contributed by atoms with Gasteiger partial charge < -0.3 is 24.3 Å². The molecular formula is C29H34N2O5. The van der Waals surface area contributed by atoms with E-state index in [0.29, 0.717) is 36.8 Å². The molecule has 1 N–H and O–H groups in total. The molecule has 0 fully saturated rings. The zero-order chi connectivity index (χ0) is 25.5. The molecule has 4 rings (SSSR count). The van der Waals surface area contributed by atoms with Crippen molar-refractivity contribution in [1.82, 2.24) is 10.2 Å². The van der Waals surface area contributed by atoms with Crippen LogP contribution in [-0.2, 0) is 24.2 Å². The number of fused-ring (bicyclic) bond motifs is 1. The number of nitrogens with zero attached hydrogens (tertiary/aromatic N) is 1. The third kappa shape index (κ3) is 5.74. The summed E-state index contributed by atoms with van der Waals surface area (Å²) in [7, 11) is 6.56. The zero-order valence-electron chi connectivity index (χ0n) is 21.4. The van der Waals surface area contributed by atoms with Gasteiger partial charge in [0, 0.05) is 19.1 Å². The zero-order valence-corrected chi connectivity index (χ0v) is 21.4. The van der Waals surface area contributed by atoms with Crippen LogP contribution < -0.4 is 24.3 Å². The van der Waals surface area contributed by atoms with Crippen LogP contribution in [-0.4, -0.2) is 52.3 Å². The normalized spacial score (nSPS) is 15.1. The van der Waals surface area contributed by atoms with Gasteiger partial charge in [0.05, 0.1) is 35.0 Å². The Hall–Kier alpha value is -3.71. The van der Waals surface area contributed by atoms with Gasteiger partial charge in [0.1, 0.15) is 0 Å². The lowest BCUT2D eigenvalue weighted by atomic mass is 9.88. The largest absolute Gasteiger partial charge is 0.493 e. The van der Waals surface area contributed by atoms with Gasteiger partial charge in [-0.25, -0.2) is 0 Å². The smallest absolute Gasteiger partial charge is 0.234 e. The second-order valence-corrected chi connectivity index (χ2v) is 8.80. The molecule has 7 nitrogen and oxygen atoms in total. The Morgan fingerprint density at radius 1 is 0.833 bits per heavy atom. The molecule has 1 aliphatic heterocycles. The van der Waals surface area contributed by atoms with Crippen LogP contribution >= 0.6 is 0 Å². The maximum Gasteiger partial charge on any atom is 0.234 e. The molecule has 0 saturated carbocycles. The van der Waals surface area contributed by atoms with Gasteiger partial charge in [-0.3, -0.25) is 9.69 Å². The van der Waals surface area contributed by atoms with Gasteiger partial charge in [0.2, 0.25) is 5.91 Å². The van der Waals surface area contributed by atoms with Gasteiger partial charge in [0.15, 0.2) is 23.0 Å². The molecule has 1 amide bonds. The maximum absolute atomic E-state index is 13.0. The fourth-order valence-electron chi connectivity index (χ4n) is 4.78. The predicted octanol–water partition coefficient (Wildman–Crippen LogP) is 4.18. The van der Waals surface area contributed by atoms with Crippen molar-refractivity contribution in [3.63, 3.8) is 0 Å². The molecule has 1 aliphatic rings. The lowest BCUT2D eigenvalue weighted by molar-refractivity contribution is -0.123. The van der Waals surface area contributed by atoms with Gasteiger partial charge >= 0.3 is 0 Å². The molecular weight excluding hydrogens is 456 g/mol. The first kappa shape index (κ1) is 25.4. The summed E-state index contributed by atoms with van der Waals surface area (Å²) < 4.78 is 22.1. The minimum Gasteiger partial charge on any atom is -0.493 e. The molecule has 0 bridgehead atoms. The van der Waals surface area contributed by atoms with Gasteiger partial charge in [-0.15, -0.1) is 0 Å². The maximum atomic E-state index is 13.0. The highest BCUT2D eigenvalue weighted by atomic mass is 16.5. The average molecular weight is 491 g/mol. The summed E-state index contributed by atoms with van der Waals surface area (Å²) in [5, 5.41) is 3.07. The van der Waals surface area contributed by atoms with E-state index in [1.165, 1.54) is 5.56 Å². The lowest BCUT2D eigenvalue weighted by Gasteiger charge is -2.37. The highest BCUT2D eigenvalue weighted by molar-refractivity contribution is 5.78. The van der Waals surface area contributed by atoms with Crippen molar-refractivity contribution in [3.8, 4) is 23.0 Å². The highest BCUT2D eigenvalue weighted by Gasteiger charge is 2.30. The van der Waals surface area contributed by atoms with Crippen molar-refractivity contribution in [2.45, 2.75) is 25.4 Å². The van der Waals surface area contributed by atoms with E-state index in [1.54, 1.807) is 28.4 Å². The van der Waals surface area contributed by atoms with Crippen molar-refractivity contribution >= 4 is 5.91 Å². The number of methoxy groups -OCH3 is 4. The average Bonchev–Trinajstić information content (AvgIpc) is 2.92. The van der Waals surface area contributed by atoms with Crippen molar-refractivity contribution in [1.29, 1.82) is 0 Å². The number of amides is 1. The molecule has 0 radical (unpaired) electrons. The molecule has 1 atom stereocenters. The van der Waals surface area contributed by atoms with Crippen LogP contribution in [0.1, 0.15) is 28.3 Å². The molecule has 3 aromatic rings. The first-order chi connectivity index (χ1) is 17.6. The number of rotatable bonds is 10. The highest BCUT2D eigenvalue weighted by Crippen LogP contribution is 2.40. The number of ether oxygens (including phenoxy) is 4. The molecule has 7 heteroatoms. The molecule has 1 unspecified atom stereocenters. The van der Waals surface area contributed by atoms with Gasteiger partial charge in [-0.2, -0.15) is 0 Å². The van der Waals surface area contributed by atoms with E-state index < -0.39 is 0 Å². The van der Waals surface area contributed by atoms with E-state index in [2.05, 4.69) is 16.3 Å².